The molecule has 3 fully saturated rings. The Morgan fingerprint density at radius 1 is 1.36 bits per heavy atom. The van der Waals surface area contributed by atoms with Gasteiger partial charge in [-0.1, -0.05) is 12.1 Å². The second-order valence-electron chi connectivity index (χ2n) is 6.42. The fraction of sp³-hybridized carbons (Fsp3) is 0.471. The number of nitrogens with one attached hydrogen (secondary N) is 1. The molecule has 4 heterocycles. The Hall–Kier alpha value is -0.910. The number of hydrogen-bond acceptors (Lipinski definition) is 3. The van der Waals surface area contributed by atoms with Gasteiger partial charge in [0.05, 0.1) is 9.70 Å². The van der Waals surface area contributed by atoms with Crippen LogP contribution in [0.25, 0.3) is 10.1 Å². The maximum absolute atomic E-state index is 12.4. The molecule has 2 bridgehead atoms. The van der Waals surface area contributed by atoms with Gasteiger partial charge in [-0.2, -0.15) is 0 Å². The van der Waals surface area contributed by atoms with Gasteiger partial charge in [-0.3, -0.25) is 4.79 Å². The average molecular weight is 379 g/mol. The Labute approximate surface area is 142 Å². The molecule has 5 rings (SSSR count). The Bertz CT molecular complexity index is 706. The predicted molar refractivity (Wildman–Crippen MR) is 95.4 cm³/mol. The maximum Gasteiger partial charge on any atom is 0.225 e. The zero-order chi connectivity index (χ0) is 15.1. The van der Waals surface area contributed by atoms with Gasteiger partial charge in [-0.25, -0.2) is 0 Å². The number of carbonyl (C=O) groups excluding carboxylic acids is 1. The topological polar surface area (TPSA) is 32.3 Å². The van der Waals surface area contributed by atoms with Crippen molar-refractivity contribution in [3.8, 4) is 0 Å². The highest BCUT2D eigenvalue weighted by Gasteiger charge is 2.35. The number of thiophene rings is 1. The molecule has 0 spiro atoms. The first-order valence-electron chi connectivity index (χ1n) is 7.89. The van der Waals surface area contributed by atoms with Crippen LogP contribution in [0.15, 0.2) is 28.7 Å². The third kappa shape index (κ3) is 2.82. The van der Waals surface area contributed by atoms with Crippen LogP contribution in [0.3, 0.4) is 0 Å². The number of halogens is 1. The quantitative estimate of drug-likeness (QED) is 0.861. The Balaban J connectivity index is 1.44. The molecule has 5 heteroatoms. The van der Waals surface area contributed by atoms with Crippen LogP contribution >= 0.6 is 27.3 Å². The Morgan fingerprint density at radius 2 is 2.18 bits per heavy atom. The standard InChI is InChI=1S/C17H19BrN2OS/c18-14-3-1-2-12-9-16(22-17(12)14)19-15(21)8-13-10-20-6-4-11(13)5-7-20/h1-3,9,11,13H,4-8,10H2,(H,19,21). The fourth-order valence-corrected chi connectivity index (χ4v) is 5.44. The van der Waals surface area contributed by atoms with Gasteiger partial charge in [0.25, 0.3) is 0 Å². The van der Waals surface area contributed by atoms with Crippen molar-refractivity contribution < 1.29 is 4.79 Å². The number of anilines is 1. The first-order chi connectivity index (χ1) is 10.7. The van der Waals surface area contributed by atoms with Crippen molar-refractivity contribution in [2.75, 3.05) is 25.0 Å². The highest BCUT2D eigenvalue weighted by molar-refractivity contribution is 9.10. The third-order valence-electron chi connectivity index (χ3n) is 5.00. The molecular weight excluding hydrogens is 360 g/mol. The minimum Gasteiger partial charge on any atom is -0.318 e. The van der Waals surface area contributed by atoms with Crippen molar-refractivity contribution in [3.05, 3.63) is 28.7 Å². The van der Waals surface area contributed by atoms with Crippen molar-refractivity contribution in [1.82, 2.24) is 4.90 Å². The zero-order valence-corrected chi connectivity index (χ0v) is 14.8. The molecule has 2 aromatic rings. The van der Waals surface area contributed by atoms with E-state index in [1.807, 2.05) is 12.1 Å². The summed E-state index contributed by atoms with van der Waals surface area (Å²) in [5.41, 5.74) is 0. The molecular formula is C17H19BrN2OS. The van der Waals surface area contributed by atoms with E-state index < -0.39 is 0 Å². The lowest BCUT2D eigenvalue weighted by Crippen LogP contribution is -2.48. The van der Waals surface area contributed by atoms with E-state index in [0.717, 1.165) is 21.9 Å². The molecule has 3 saturated heterocycles. The largest absolute Gasteiger partial charge is 0.318 e. The summed E-state index contributed by atoms with van der Waals surface area (Å²) < 4.78 is 2.29. The summed E-state index contributed by atoms with van der Waals surface area (Å²) in [6.45, 7) is 3.57. The molecule has 0 radical (unpaired) electrons. The highest BCUT2D eigenvalue weighted by Crippen LogP contribution is 2.36. The molecule has 1 unspecified atom stereocenters. The van der Waals surface area contributed by atoms with Crippen molar-refractivity contribution in [2.24, 2.45) is 11.8 Å². The fourth-order valence-electron chi connectivity index (χ4n) is 3.83. The van der Waals surface area contributed by atoms with Crippen LogP contribution in [0, 0.1) is 11.8 Å². The van der Waals surface area contributed by atoms with Gasteiger partial charge in [-0.15, -0.1) is 11.3 Å². The van der Waals surface area contributed by atoms with Gasteiger partial charge >= 0.3 is 0 Å². The number of amides is 1. The molecule has 1 atom stereocenters. The molecule has 1 N–H and O–H groups in total. The van der Waals surface area contributed by atoms with Crippen LogP contribution in [0.2, 0.25) is 0 Å². The van der Waals surface area contributed by atoms with Crippen LogP contribution < -0.4 is 5.32 Å². The van der Waals surface area contributed by atoms with E-state index >= 15 is 0 Å². The summed E-state index contributed by atoms with van der Waals surface area (Å²) in [5, 5.41) is 5.24. The van der Waals surface area contributed by atoms with Gasteiger partial charge in [0.2, 0.25) is 5.91 Å². The average Bonchev–Trinajstić information content (AvgIpc) is 2.92. The molecule has 116 valence electrons. The third-order valence-corrected chi connectivity index (χ3v) is 7.02. The van der Waals surface area contributed by atoms with Crippen LogP contribution in [-0.4, -0.2) is 30.4 Å². The summed E-state index contributed by atoms with van der Waals surface area (Å²) in [6.07, 6.45) is 3.21. The molecule has 0 saturated carbocycles. The lowest BCUT2D eigenvalue weighted by molar-refractivity contribution is -0.118. The summed E-state index contributed by atoms with van der Waals surface area (Å²) in [7, 11) is 0. The van der Waals surface area contributed by atoms with Crippen molar-refractivity contribution in [2.45, 2.75) is 19.3 Å². The number of piperidine rings is 3. The van der Waals surface area contributed by atoms with Crippen molar-refractivity contribution >= 4 is 48.3 Å². The molecule has 1 aromatic carbocycles. The molecule has 3 nitrogen and oxygen atoms in total. The first kappa shape index (κ1) is 14.7. The number of fused-ring (bicyclic) bond motifs is 4. The van der Waals surface area contributed by atoms with Crippen molar-refractivity contribution in [3.63, 3.8) is 0 Å². The predicted octanol–water partition coefficient (Wildman–Crippen LogP) is 4.33. The van der Waals surface area contributed by atoms with Crippen LogP contribution in [0.1, 0.15) is 19.3 Å². The van der Waals surface area contributed by atoms with E-state index in [4.69, 9.17) is 0 Å². The number of nitrogens with zero attached hydrogens (tertiary/aromatic N) is 1. The maximum atomic E-state index is 12.4. The molecule has 3 aliphatic rings. The Morgan fingerprint density at radius 3 is 2.86 bits per heavy atom. The first-order valence-corrected chi connectivity index (χ1v) is 9.50. The minimum atomic E-state index is 0.168. The van der Waals surface area contributed by atoms with E-state index in [2.05, 4.69) is 38.3 Å². The van der Waals surface area contributed by atoms with Gasteiger partial charge < -0.3 is 10.2 Å². The smallest absolute Gasteiger partial charge is 0.225 e. The van der Waals surface area contributed by atoms with E-state index in [-0.39, 0.29) is 5.91 Å². The molecule has 3 aliphatic heterocycles. The minimum absolute atomic E-state index is 0.168. The van der Waals surface area contributed by atoms with Crippen molar-refractivity contribution in [1.29, 1.82) is 0 Å². The normalized spacial score (nSPS) is 27.2. The number of carbonyl (C=O) groups is 1. The molecule has 0 aliphatic carbocycles. The van der Waals surface area contributed by atoms with Gasteiger partial charge in [-0.05, 0) is 71.2 Å². The molecule has 22 heavy (non-hydrogen) atoms. The van der Waals surface area contributed by atoms with Gasteiger partial charge in [0, 0.05) is 17.4 Å². The Kier molecular flexibility index (Phi) is 3.96. The lowest BCUT2D eigenvalue weighted by atomic mass is 9.77. The lowest BCUT2D eigenvalue weighted by Gasteiger charge is -2.44. The highest BCUT2D eigenvalue weighted by atomic mass is 79.9. The summed E-state index contributed by atoms with van der Waals surface area (Å²) in [6, 6.07) is 8.22. The molecule has 1 aromatic heterocycles. The van der Waals surface area contributed by atoms with E-state index in [0.29, 0.717) is 12.3 Å². The van der Waals surface area contributed by atoms with Crippen LogP contribution in [0.5, 0.6) is 0 Å². The van der Waals surface area contributed by atoms with Gasteiger partial charge in [0.15, 0.2) is 0 Å². The van der Waals surface area contributed by atoms with Crippen LogP contribution in [0.4, 0.5) is 5.00 Å². The van der Waals surface area contributed by atoms with Gasteiger partial charge in [0.1, 0.15) is 0 Å². The zero-order valence-electron chi connectivity index (χ0n) is 12.3. The van der Waals surface area contributed by atoms with Crippen LogP contribution in [-0.2, 0) is 4.79 Å². The summed E-state index contributed by atoms with van der Waals surface area (Å²) in [4.78, 5) is 14.9. The van der Waals surface area contributed by atoms with E-state index in [9.17, 15) is 4.79 Å². The second-order valence-corrected chi connectivity index (χ2v) is 8.33. The molecule has 1 amide bonds. The summed E-state index contributed by atoms with van der Waals surface area (Å²) in [5.74, 6) is 1.47. The van der Waals surface area contributed by atoms with E-state index in [1.165, 1.54) is 36.0 Å². The monoisotopic (exact) mass is 378 g/mol. The summed E-state index contributed by atoms with van der Waals surface area (Å²) >= 11 is 5.21. The number of rotatable bonds is 3. The number of benzene rings is 1. The SMILES string of the molecule is O=C(CC1CN2CCC1CC2)Nc1cc2cccc(Br)c2s1. The number of hydrogen-bond donors (Lipinski definition) is 1. The van der Waals surface area contributed by atoms with E-state index in [1.54, 1.807) is 11.3 Å². The second kappa shape index (κ2) is 5.95.